The summed E-state index contributed by atoms with van der Waals surface area (Å²) in [6.45, 7) is 10.9. The molecule has 0 aromatic rings. The number of aliphatic hydroxyl groups is 1. The second kappa shape index (κ2) is 21.5. The highest BCUT2D eigenvalue weighted by atomic mass is 32.2. The van der Waals surface area contributed by atoms with Gasteiger partial charge in [0, 0.05) is 61.1 Å². The molecule has 61 heavy (non-hydrogen) atoms. The van der Waals surface area contributed by atoms with Gasteiger partial charge in [0.1, 0.15) is 48.0 Å². The van der Waals surface area contributed by atoms with Crippen molar-refractivity contribution in [2.75, 3.05) is 19.0 Å². The number of thioether (sulfide) groups is 2. The predicted molar refractivity (Wildman–Crippen MR) is 202 cm³/mol. The lowest BCUT2D eigenvalue weighted by Crippen LogP contribution is -2.62. The van der Waals surface area contributed by atoms with Crippen molar-refractivity contribution in [2.45, 2.75) is 165 Å². The zero-order chi connectivity index (χ0) is 45.5. The highest BCUT2D eigenvalue weighted by molar-refractivity contribution is 8.00. The molecule has 4 aliphatic rings. The van der Waals surface area contributed by atoms with E-state index in [0.29, 0.717) is 0 Å². The van der Waals surface area contributed by atoms with Crippen LogP contribution in [0.4, 0.5) is 0 Å². The predicted octanol–water partition coefficient (Wildman–Crippen LogP) is 0.225. The molecule has 15 atom stereocenters. The highest BCUT2D eigenvalue weighted by Crippen LogP contribution is 2.48. The lowest BCUT2D eigenvalue weighted by atomic mass is 9.99. The second-order valence-corrected chi connectivity index (χ2v) is 17.1. The molecule has 22 nitrogen and oxygen atoms in total. The Kier molecular flexibility index (Phi) is 17.6. The van der Waals surface area contributed by atoms with Gasteiger partial charge in [-0.1, -0.05) is 0 Å². The summed E-state index contributed by atoms with van der Waals surface area (Å²) in [5.41, 5.74) is -2.55. The number of hydrogen-bond donors (Lipinski definition) is 1. The Hall–Kier alpha value is -3.78. The van der Waals surface area contributed by atoms with Crippen LogP contribution in [0.2, 0.25) is 0 Å². The molecule has 0 aliphatic carbocycles. The van der Waals surface area contributed by atoms with E-state index < -0.39 is 156 Å². The van der Waals surface area contributed by atoms with Crippen molar-refractivity contribution >= 4 is 71.3 Å². The molecule has 4 fully saturated rings. The molecule has 1 N–H and O–H groups in total. The zero-order valence-electron chi connectivity index (χ0n) is 35.1. The molecule has 344 valence electrons. The minimum absolute atomic E-state index is 0.200. The van der Waals surface area contributed by atoms with Crippen LogP contribution in [0.3, 0.4) is 0 Å². The fourth-order valence-corrected chi connectivity index (χ4v) is 10.0. The molecule has 0 aromatic carbocycles. The lowest BCUT2D eigenvalue weighted by molar-refractivity contribution is -0.237. The quantitative estimate of drug-likeness (QED) is 0.160. The van der Waals surface area contributed by atoms with Crippen molar-refractivity contribution in [3.05, 3.63) is 0 Å². The first kappa shape index (κ1) is 49.9. The van der Waals surface area contributed by atoms with Gasteiger partial charge >= 0.3 is 47.8 Å². The van der Waals surface area contributed by atoms with Gasteiger partial charge in [-0.3, -0.25) is 38.4 Å². The van der Waals surface area contributed by atoms with Gasteiger partial charge in [-0.15, -0.1) is 23.5 Å². The third-order valence-corrected chi connectivity index (χ3v) is 11.8. The van der Waals surface area contributed by atoms with Crippen molar-refractivity contribution in [3.8, 4) is 0 Å². The molecule has 0 bridgehead atoms. The van der Waals surface area contributed by atoms with Crippen LogP contribution in [0.5, 0.6) is 0 Å². The van der Waals surface area contributed by atoms with Crippen LogP contribution in [0.1, 0.15) is 69.2 Å². The summed E-state index contributed by atoms with van der Waals surface area (Å²) in [6, 6.07) is 0. The van der Waals surface area contributed by atoms with Crippen LogP contribution in [0.15, 0.2) is 0 Å². The smallest absolute Gasteiger partial charge is 0.303 e. The first-order chi connectivity index (χ1) is 28.5. The monoisotopic (exact) mass is 912 g/mol. The van der Waals surface area contributed by atoms with Crippen molar-refractivity contribution in [1.29, 1.82) is 0 Å². The topological polar surface area (TPSA) is 277 Å². The Morgan fingerprint density at radius 1 is 0.574 bits per heavy atom. The maximum Gasteiger partial charge on any atom is 0.303 e. The highest BCUT2D eigenvalue weighted by Gasteiger charge is 2.61. The third kappa shape index (κ3) is 13.6. The van der Waals surface area contributed by atoms with Gasteiger partial charge in [0.2, 0.25) is 0 Å². The van der Waals surface area contributed by atoms with Crippen LogP contribution in [0.25, 0.3) is 0 Å². The van der Waals surface area contributed by atoms with Crippen LogP contribution >= 0.6 is 23.5 Å². The molecule has 4 rings (SSSR count). The molecule has 0 aromatic heterocycles. The van der Waals surface area contributed by atoms with E-state index in [4.69, 9.17) is 61.6 Å². The number of carbonyl (C=O) groups is 8. The fourth-order valence-electron chi connectivity index (χ4n) is 7.15. The molecule has 0 spiro atoms. The van der Waals surface area contributed by atoms with Gasteiger partial charge in [-0.2, -0.15) is 0 Å². The Labute approximate surface area is 359 Å². The van der Waals surface area contributed by atoms with E-state index in [2.05, 4.69) is 0 Å². The number of ether oxygens (including phenoxy) is 13. The van der Waals surface area contributed by atoms with Gasteiger partial charge in [0.15, 0.2) is 48.7 Å². The number of rotatable bonds is 16. The summed E-state index contributed by atoms with van der Waals surface area (Å²) in [5.74, 6) is -7.79. The summed E-state index contributed by atoms with van der Waals surface area (Å²) in [5, 5.41) is 9.33. The van der Waals surface area contributed by atoms with Crippen LogP contribution in [-0.4, -0.2) is 167 Å². The van der Waals surface area contributed by atoms with Gasteiger partial charge in [0.25, 0.3) is 0 Å². The van der Waals surface area contributed by atoms with E-state index >= 15 is 0 Å². The summed E-state index contributed by atoms with van der Waals surface area (Å²) < 4.78 is 75.4. The Bertz CT molecular complexity index is 1640. The number of fused-ring (bicyclic) bond motifs is 1. The van der Waals surface area contributed by atoms with E-state index in [1.54, 1.807) is 13.8 Å². The number of carbonyl (C=O) groups excluding carboxylic acids is 8. The molecular weight excluding hydrogens is 861 g/mol. The summed E-state index contributed by atoms with van der Waals surface area (Å²) in [4.78, 5) is 98.7. The van der Waals surface area contributed by atoms with Crippen molar-refractivity contribution < 1.29 is 105 Å². The summed E-state index contributed by atoms with van der Waals surface area (Å²) in [6.07, 6.45) is -15.6. The minimum atomic E-state index is -1.49. The van der Waals surface area contributed by atoms with Gasteiger partial charge in [-0.05, 0) is 13.8 Å². The number of hydrogen-bond acceptors (Lipinski definition) is 24. The number of aliphatic hydroxyl groups excluding tert-OH is 1. The van der Waals surface area contributed by atoms with E-state index in [1.165, 1.54) is 0 Å². The molecule has 0 unspecified atom stereocenters. The first-order valence-electron chi connectivity index (χ1n) is 19.0. The van der Waals surface area contributed by atoms with Crippen molar-refractivity contribution in [2.24, 2.45) is 0 Å². The Morgan fingerprint density at radius 3 is 1.51 bits per heavy atom. The molecule has 24 heteroatoms. The fraction of sp³-hybridized carbons (Fsp3) is 0.784. The number of esters is 8. The zero-order valence-corrected chi connectivity index (χ0v) is 36.8. The average Bonchev–Trinajstić information content (AvgIpc) is 3.60. The van der Waals surface area contributed by atoms with Gasteiger partial charge in [0.05, 0.1) is 11.9 Å². The normalized spacial score (nSPS) is 34.4. The largest absolute Gasteiger partial charge is 0.463 e. The molecule has 4 heterocycles. The molecule has 4 aliphatic heterocycles. The average molecular weight is 913 g/mol. The maximum atomic E-state index is 12.7. The molecular formula is C37H52O22S2. The summed E-state index contributed by atoms with van der Waals surface area (Å²) >= 11 is 1.87. The summed E-state index contributed by atoms with van der Waals surface area (Å²) in [7, 11) is 0. The standard InChI is InChI=1S/C37H52O22S2/c1-14(39)47-12-23-26(50-17(4)42)29(52-19(6)44)31(54-21(8)46)36(56-23)61-33-27(57-34-32(33)58-37(9,10)59-34)24(48-15(2)40)13-60-35-30(53-20(7)45)28(51-18(5)43)25(49-16(3)41)22(11-38)55-35/h22-36,38H,11-13H2,1-10H3/t22-,23-,24-,25-,26-,27-,28+,29+,30-,31-,32-,33+,34-,35+,36+/m1/s1. The van der Waals surface area contributed by atoms with E-state index in [-0.39, 0.29) is 5.75 Å². The Balaban J connectivity index is 1.75. The third-order valence-electron chi connectivity index (χ3n) is 9.05. The van der Waals surface area contributed by atoms with Crippen LogP contribution in [0, 0.1) is 0 Å². The molecule has 4 saturated heterocycles. The van der Waals surface area contributed by atoms with E-state index in [9.17, 15) is 43.5 Å². The SMILES string of the molecule is CC(=O)OC[C@H]1O[C@@H](S[C@@H]2[C@H]3OC(C)(C)O[C@H]3O[C@@H]2[C@@H](CS[C@@H]2O[C@H](CO)[C@@H](OC(C)=O)[C@H](OC(C)=O)[C@H]2OC(C)=O)OC(C)=O)[C@H](OC(C)=O)[C@@H](OC(C)=O)[C@@H]1OC(C)=O. The van der Waals surface area contributed by atoms with Crippen LogP contribution in [-0.2, 0) is 99.9 Å². The maximum absolute atomic E-state index is 12.7. The van der Waals surface area contributed by atoms with Crippen molar-refractivity contribution in [1.82, 2.24) is 0 Å². The minimum Gasteiger partial charge on any atom is -0.463 e. The molecule has 0 amide bonds. The Morgan fingerprint density at radius 2 is 1.03 bits per heavy atom. The van der Waals surface area contributed by atoms with E-state index in [0.717, 1.165) is 78.9 Å². The van der Waals surface area contributed by atoms with Crippen molar-refractivity contribution in [3.63, 3.8) is 0 Å². The lowest BCUT2D eigenvalue weighted by Gasteiger charge is -2.45. The van der Waals surface area contributed by atoms with Gasteiger partial charge in [-0.25, -0.2) is 0 Å². The van der Waals surface area contributed by atoms with E-state index in [1.807, 2.05) is 0 Å². The molecule has 0 radical (unpaired) electrons. The van der Waals surface area contributed by atoms with Gasteiger partial charge < -0.3 is 66.7 Å². The first-order valence-corrected chi connectivity index (χ1v) is 21.0. The van der Waals surface area contributed by atoms with Crippen LogP contribution < -0.4 is 0 Å². The molecule has 0 saturated carbocycles. The second-order valence-electron chi connectivity index (χ2n) is 14.7.